The van der Waals surface area contributed by atoms with E-state index in [9.17, 15) is 4.39 Å². The van der Waals surface area contributed by atoms with Crippen LogP contribution < -0.4 is 5.46 Å². The van der Waals surface area contributed by atoms with Gasteiger partial charge in [-0.1, -0.05) is 18.2 Å². The van der Waals surface area contributed by atoms with Crippen molar-refractivity contribution in [2.75, 3.05) is 0 Å². The van der Waals surface area contributed by atoms with E-state index >= 15 is 0 Å². The Morgan fingerprint density at radius 1 is 1.04 bits per heavy atom. The molecule has 1 fully saturated rings. The fourth-order valence-electron chi connectivity index (χ4n) is 2.64. The molecule has 0 saturated carbocycles. The minimum atomic E-state index is -0.458. The lowest BCUT2D eigenvalue weighted by atomic mass is 9.79. The van der Waals surface area contributed by atoms with E-state index < -0.39 is 18.3 Å². The molecule has 0 N–H and O–H groups in total. The Hall–Kier alpha value is -1.72. The molecule has 0 amide bonds. The van der Waals surface area contributed by atoms with Crippen molar-refractivity contribution < 1.29 is 13.7 Å². The van der Waals surface area contributed by atoms with Crippen LogP contribution in [-0.2, 0) is 9.31 Å². The molecular formula is C18H21BFNO2. The lowest BCUT2D eigenvalue weighted by Gasteiger charge is -2.32. The maximum absolute atomic E-state index is 14.0. The summed E-state index contributed by atoms with van der Waals surface area (Å²) in [7, 11) is -0.458. The number of nitrogens with zero attached hydrogens (tertiary/aromatic N) is 1. The number of hydrogen-bond donors (Lipinski definition) is 0. The van der Waals surface area contributed by atoms with Crippen LogP contribution in [-0.4, -0.2) is 23.3 Å². The minimum Gasteiger partial charge on any atom is -0.399 e. The van der Waals surface area contributed by atoms with Gasteiger partial charge in [-0.05, 0) is 52.3 Å². The molecule has 3 rings (SSSR count). The molecule has 1 aliphatic rings. The average Bonchev–Trinajstić information content (AvgIpc) is 2.68. The Balaban J connectivity index is 1.94. The molecule has 1 aromatic carbocycles. The monoisotopic (exact) mass is 313 g/mol. The second kappa shape index (κ2) is 5.43. The highest BCUT2D eigenvalue weighted by atomic mass is 19.1. The quantitative estimate of drug-likeness (QED) is 0.795. The van der Waals surface area contributed by atoms with Gasteiger partial charge < -0.3 is 9.31 Å². The molecule has 1 aliphatic heterocycles. The highest BCUT2D eigenvalue weighted by Gasteiger charge is 2.51. The number of hydrogen-bond acceptors (Lipinski definition) is 3. The SMILES string of the molecule is Cc1cc(B2OC(C)(C)C(C)(C)O2)cnc1-c1ccccc1F. The standard InChI is InChI=1S/C18H21BFNO2/c1-12-10-13(19-22-17(2,3)18(4,5)23-19)11-21-16(12)14-8-6-7-9-15(14)20/h6-11H,1-5H3. The number of pyridine rings is 1. The first-order valence-corrected chi connectivity index (χ1v) is 7.78. The lowest BCUT2D eigenvalue weighted by Crippen LogP contribution is -2.41. The number of halogens is 1. The third kappa shape index (κ3) is 2.79. The first kappa shape index (κ1) is 16.2. The Kier molecular flexibility index (Phi) is 3.81. The molecule has 5 heteroatoms. The van der Waals surface area contributed by atoms with Crippen LogP contribution in [0.4, 0.5) is 4.39 Å². The topological polar surface area (TPSA) is 31.4 Å². The molecule has 2 heterocycles. The third-order valence-corrected chi connectivity index (χ3v) is 4.75. The van der Waals surface area contributed by atoms with Gasteiger partial charge in [0, 0.05) is 17.2 Å². The molecular weight excluding hydrogens is 292 g/mol. The molecule has 0 bridgehead atoms. The number of aromatic nitrogens is 1. The average molecular weight is 313 g/mol. The Bertz CT molecular complexity index is 730. The first-order valence-electron chi connectivity index (χ1n) is 7.78. The van der Waals surface area contributed by atoms with Crippen LogP contribution in [0.15, 0.2) is 36.5 Å². The van der Waals surface area contributed by atoms with Gasteiger partial charge in [0.2, 0.25) is 0 Å². The first-order chi connectivity index (χ1) is 10.7. The van der Waals surface area contributed by atoms with Crippen molar-refractivity contribution in [2.45, 2.75) is 45.8 Å². The predicted molar refractivity (Wildman–Crippen MR) is 90.1 cm³/mol. The maximum atomic E-state index is 14.0. The Morgan fingerprint density at radius 3 is 2.22 bits per heavy atom. The van der Waals surface area contributed by atoms with E-state index in [0.717, 1.165) is 11.0 Å². The summed E-state index contributed by atoms with van der Waals surface area (Å²) >= 11 is 0. The van der Waals surface area contributed by atoms with Crippen LogP contribution in [0.25, 0.3) is 11.3 Å². The summed E-state index contributed by atoms with van der Waals surface area (Å²) in [5.41, 5.74) is 2.10. The van der Waals surface area contributed by atoms with E-state index in [0.29, 0.717) is 11.3 Å². The van der Waals surface area contributed by atoms with Crippen LogP contribution in [0, 0.1) is 12.7 Å². The highest BCUT2D eigenvalue weighted by molar-refractivity contribution is 6.62. The van der Waals surface area contributed by atoms with Gasteiger partial charge in [0.15, 0.2) is 0 Å². The Morgan fingerprint density at radius 2 is 1.65 bits per heavy atom. The zero-order chi connectivity index (χ0) is 16.8. The summed E-state index contributed by atoms with van der Waals surface area (Å²) in [6.45, 7) is 9.98. The van der Waals surface area contributed by atoms with Crippen molar-refractivity contribution in [3.05, 3.63) is 47.9 Å². The molecule has 3 nitrogen and oxygen atoms in total. The molecule has 1 saturated heterocycles. The fraction of sp³-hybridized carbons (Fsp3) is 0.389. The molecule has 0 radical (unpaired) electrons. The minimum absolute atomic E-state index is 0.272. The summed E-state index contributed by atoms with van der Waals surface area (Å²) < 4.78 is 26.0. The van der Waals surface area contributed by atoms with Gasteiger partial charge in [-0.25, -0.2) is 4.39 Å². The van der Waals surface area contributed by atoms with Crippen LogP contribution >= 0.6 is 0 Å². The van der Waals surface area contributed by atoms with Gasteiger partial charge >= 0.3 is 7.12 Å². The van der Waals surface area contributed by atoms with E-state index in [4.69, 9.17) is 9.31 Å². The fourth-order valence-corrected chi connectivity index (χ4v) is 2.64. The normalized spacial score (nSPS) is 19.1. The van der Waals surface area contributed by atoms with Crippen molar-refractivity contribution in [1.29, 1.82) is 0 Å². The summed E-state index contributed by atoms with van der Waals surface area (Å²) in [6.07, 6.45) is 1.71. The second-order valence-electron chi connectivity index (χ2n) is 7.00. The lowest BCUT2D eigenvalue weighted by molar-refractivity contribution is 0.00578. The maximum Gasteiger partial charge on any atom is 0.496 e. The summed E-state index contributed by atoms with van der Waals surface area (Å²) in [6, 6.07) is 8.61. The zero-order valence-corrected chi connectivity index (χ0v) is 14.2. The molecule has 0 spiro atoms. The zero-order valence-electron chi connectivity index (χ0n) is 14.2. The number of benzene rings is 1. The van der Waals surface area contributed by atoms with Crippen LogP contribution in [0.5, 0.6) is 0 Å². The van der Waals surface area contributed by atoms with E-state index in [1.54, 1.807) is 18.3 Å². The van der Waals surface area contributed by atoms with Gasteiger partial charge in [-0.15, -0.1) is 0 Å². The largest absolute Gasteiger partial charge is 0.496 e. The van der Waals surface area contributed by atoms with Crippen molar-refractivity contribution in [3.8, 4) is 11.3 Å². The van der Waals surface area contributed by atoms with Gasteiger partial charge in [0.1, 0.15) is 5.82 Å². The van der Waals surface area contributed by atoms with Gasteiger partial charge in [0.25, 0.3) is 0 Å². The third-order valence-electron chi connectivity index (χ3n) is 4.75. The smallest absolute Gasteiger partial charge is 0.399 e. The molecule has 0 unspecified atom stereocenters. The second-order valence-corrected chi connectivity index (χ2v) is 7.00. The summed E-state index contributed by atoms with van der Waals surface area (Å²) in [5.74, 6) is -0.272. The van der Waals surface area contributed by atoms with Gasteiger partial charge in [-0.2, -0.15) is 0 Å². The van der Waals surface area contributed by atoms with E-state index in [-0.39, 0.29) is 5.82 Å². The summed E-state index contributed by atoms with van der Waals surface area (Å²) in [4.78, 5) is 4.45. The number of aryl methyl sites for hydroxylation is 1. The molecule has 23 heavy (non-hydrogen) atoms. The number of rotatable bonds is 2. The molecule has 2 aromatic rings. The van der Waals surface area contributed by atoms with E-state index in [2.05, 4.69) is 4.98 Å². The van der Waals surface area contributed by atoms with Crippen molar-refractivity contribution >= 4 is 12.6 Å². The van der Waals surface area contributed by atoms with Crippen molar-refractivity contribution in [2.24, 2.45) is 0 Å². The highest BCUT2D eigenvalue weighted by Crippen LogP contribution is 2.36. The molecule has 120 valence electrons. The molecule has 0 atom stereocenters. The van der Waals surface area contributed by atoms with E-state index in [1.807, 2.05) is 46.8 Å². The van der Waals surface area contributed by atoms with Gasteiger partial charge in [-0.3, -0.25) is 4.98 Å². The predicted octanol–water partition coefficient (Wildman–Crippen LogP) is 3.50. The molecule has 0 aliphatic carbocycles. The van der Waals surface area contributed by atoms with Crippen molar-refractivity contribution in [3.63, 3.8) is 0 Å². The van der Waals surface area contributed by atoms with Crippen LogP contribution in [0.1, 0.15) is 33.3 Å². The van der Waals surface area contributed by atoms with Crippen LogP contribution in [0.3, 0.4) is 0 Å². The molecule has 1 aromatic heterocycles. The summed E-state index contributed by atoms with van der Waals surface area (Å²) in [5, 5.41) is 0. The van der Waals surface area contributed by atoms with E-state index in [1.165, 1.54) is 6.07 Å². The van der Waals surface area contributed by atoms with Crippen LogP contribution in [0.2, 0.25) is 0 Å². The Labute approximate surface area is 137 Å². The van der Waals surface area contributed by atoms with Crippen molar-refractivity contribution in [1.82, 2.24) is 4.98 Å². The van der Waals surface area contributed by atoms with Gasteiger partial charge in [0.05, 0.1) is 16.9 Å².